The molecule has 136 valence electrons. The van der Waals surface area contributed by atoms with E-state index in [4.69, 9.17) is 0 Å². The quantitative estimate of drug-likeness (QED) is 0.497. The molecule has 1 aromatic heterocycles. The lowest BCUT2D eigenvalue weighted by molar-refractivity contribution is -0.127. The third-order valence-corrected chi connectivity index (χ3v) is 5.00. The van der Waals surface area contributed by atoms with Crippen molar-refractivity contribution in [3.63, 3.8) is 0 Å². The molecular formula is C19H21FN4OS. The molecule has 1 saturated carbocycles. The first-order chi connectivity index (χ1) is 12.7. The Morgan fingerprint density at radius 2 is 1.96 bits per heavy atom. The molecule has 7 heteroatoms. The standard InChI is InChI=1S/C19H21FN4OS/c1-3-11-23(12-4-2)17(25)13-26-19-22-21-18(24(19)14-9-10-14)15-7-5-6-8-16(15)20/h3-8,14H,1-2,9-13H2. The Kier molecular flexibility index (Phi) is 5.88. The molecule has 0 N–H and O–H groups in total. The van der Waals surface area contributed by atoms with E-state index < -0.39 is 0 Å². The van der Waals surface area contributed by atoms with Gasteiger partial charge in [0, 0.05) is 19.1 Å². The van der Waals surface area contributed by atoms with Crippen molar-refractivity contribution in [2.75, 3.05) is 18.8 Å². The minimum Gasteiger partial charge on any atom is -0.335 e. The van der Waals surface area contributed by atoms with Crippen molar-refractivity contribution in [2.24, 2.45) is 0 Å². The van der Waals surface area contributed by atoms with Crippen molar-refractivity contribution in [1.29, 1.82) is 0 Å². The van der Waals surface area contributed by atoms with Gasteiger partial charge in [0.1, 0.15) is 5.82 Å². The van der Waals surface area contributed by atoms with E-state index in [0.29, 0.717) is 29.6 Å². The number of hydrogen-bond acceptors (Lipinski definition) is 4. The van der Waals surface area contributed by atoms with E-state index in [1.807, 2.05) is 4.57 Å². The molecule has 1 aromatic carbocycles. The van der Waals surface area contributed by atoms with Crippen LogP contribution in [0.1, 0.15) is 18.9 Å². The summed E-state index contributed by atoms with van der Waals surface area (Å²) in [5.41, 5.74) is 0.435. The molecule has 2 aromatic rings. The highest BCUT2D eigenvalue weighted by molar-refractivity contribution is 7.99. The van der Waals surface area contributed by atoms with Crippen LogP contribution in [0.3, 0.4) is 0 Å². The summed E-state index contributed by atoms with van der Waals surface area (Å²) in [5.74, 6) is 0.420. The lowest BCUT2D eigenvalue weighted by Crippen LogP contribution is -2.32. The zero-order valence-corrected chi connectivity index (χ0v) is 15.3. The number of aromatic nitrogens is 3. The smallest absolute Gasteiger partial charge is 0.233 e. The first-order valence-corrected chi connectivity index (χ1v) is 9.46. The number of halogens is 1. The Hall–Kier alpha value is -2.41. The summed E-state index contributed by atoms with van der Waals surface area (Å²) in [6, 6.07) is 6.82. The second-order valence-electron chi connectivity index (χ2n) is 6.05. The van der Waals surface area contributed by atoms with E-state index in [9.17, 15) is 9.18 Å². The molecular weight excluding hydrogens is 351 g/mol. The fourth-order valence-corrected chi connectivity index (χ4v) is 3.58. The van der Waals surface area contributed by atoms with Gasteiger partial charge in [-0.25, -0.2) is 4.39 Å². The zero-order valence-electron chi connectivity index (χ0n) is 14.5. The number of amides is 1. The molecule has 3 rings (SSSR count). The van der Waals surface area contributed by atoms with Crippen LogP contribution in [0.2, 0.25) is 0 Å². The molecule has 1 aliphatic rings. The number of rotatable bonds is 9. The predicted octanol–water partition coefficient (Wildman–Crippen LogP) is 3.71. The monoisotopic (exact) mass is 372 g/mol. The Morgan fingerprint density at radius 1 is 1.27 bits per heavy atom. The van der Waals surface area contributed by atoms with Crippen molar-refractivity contribution in [3.05, 3.63) is 55.4 Å². The van der Waals surface area contributed by atoms with E-state index in [0.717, 1.165) is 12.8 Å². The molecule has 0 spiro atoms. The van der Waals surface area contributed by atoms with Crippen LogP contribution < -0.4 is 0 Å². The van der Waals surface area contributed by atoms with Gasteiger partial charge in [-0.1, -0.05) is 36.0 Å². The summed E-state index contributed by atoms with van der Waals surface area (Å²) in [4.78, 5) is 14.1. The minimum absolute atomic E-state index is 0.0208. The third kappa shape index (κ3) is 4.04. The minimum atomic E-state index is -0.322. The maximum atomic E-state index is 14.2. The van der Waals surface area contributed by atoms with Crippen molar-refractivity contribution in [2.45, 2.75) is 24.0 Å². The first-order valence-electron chi connectivity index (χ1n) is 8.47. The molecule has 1 heterocycles. The Labute approximate surface area is 156 Å². The van der Waals surface area contributed by atoms with Gasteiger partial charge in [-0.3, -0.25) is 9.36 Å². The van der Waals surface area contributed by atoms with E-state index >= 15 is 0 Å². The number of nitrogens with zero attached hydrogens (tertiary/aromatic N) is 4. The Morgan fingerprint density at radius 3 is 2.58 bits per heavy atom. The molecule has 1 aliphatic carbocycles. The number of carbonyl (C=O) groups is 1. The Bertz CT molecular complexity index is 806. The lowest BCUT2D eigenvalue weighted by atomic mass is 10.2. The number of hydrogen-bond donors (Lipinski definition) is 0. The molecule has 1 amide bonds. The summed E-state index contributed by atoms with van der Waals surface area (Å²) in [6.07, 6.45) is 5.41. The summed E-state index contributed by atoms with van der Waals surface area (Å²) >= 11 is 1.33. The second kappa shape index (κ2) is 8.31. The van der Waals surface area contributed by atoms with E-state index in [1.54, 1.807) is 35.3 Å². The molecule has 0 aliphatic heterocycles. The maximum absolute atomic E-state index is 14.2. The van der Waals surface area contributed by atoms with Gasteiger partial charge < -0.3 is 4.90 Å². The van der Waals surface area contributed by atoms with E-state index in [2.05, 4.69) is 23.4 Å². The first kappa shape index (κ1) is 18.4. The molecule has 0 bridgehead atoms. The van der Waals surface area contributed by atoms with Crippen LogP contribution in [0, 0.1) is 5.82 Å². The van der Waals surface area contributed by atoms with Crippen LogP contribution in [0.5, 0.6) is 0 Å². The molecule has 0 atom stereocenters. The van der Waals surface area contributed by atoms with Crippen LogP contribution in [0.4, 0.5) is 4.39 Å². The molecule has 0 unspecified atom stereocenters. The lowest BCUT2D eigenvalue weighted by Gasteiger charge is -2.18. The van der Waals surface area contributed by atoms with Gasteiger partial charge >= 0.3 is 0 Å². The van der Waals surface area contributed by atoms with E-state index in [1.165, 1.54) is 17.8 Å². The van der Waals surface area contributed by atoms with Gasteiger partial charge in [0.25, 0.3) is 0 Å². The van der Waals surface area contributed by atoms with Crippen molar-refractivity contribution in [3.8, 4) is 11.4 Å². The van der Waals surface area contributed by atoms with Crippen LogP contribution in [-0.4, -0.2) is 44.4 Å². The molecule has 5 nitrogen and oxygen atoms in total. The molecule has 26 heavy (non-hydrogen) atoms. The number of thioether (sulfide) groups is 1. The summed E-state index contributed by atoms with van der Waals surface area (Å²) in [5, 5.41) is 9.06. The van der Waals surface area contributed by atoms with Crippen LogP contribution in [0.15, 0.2) is 54.7 Å². The SMILES string of the molecule is C=CCN(CC=C)C(=O)CSc1nnc(-c2ccccc2F)n1C1CC1. The summed E-state index contributed by atoms with van der Waals surface area (Å²) in [6.45, 7) is 8.30. The van der Waals surface area contributed by atoms with Gasteiger partial charge in [0.15, 0.2) is 11.0 Å². The fourth-order valence-electron chi connectivity index (χ4n) is 2.67. The fraction of sp³-hybridized carbons (Fsp3) is 0.316. The normalized spacial score (nSPS) is 13.4. The average Bonchev–Trinajstić information content (AvgIpc) is 3.39. The molecule has 0 saturated heterocycles. The van der Waals surface area contributed by atoms with Gasteiger partial charge in [0.05, 0.1) is 11.3 Å². The van der Waals surface area contributed by atoms with Gasteiger partial charge in [0.2, 0.25) is 5.91 Å². The third-order valence-electron chi connectivity index (χ3n) is 4.07. The topological polar surface area (TPSA) is 51.0 Å². The zero-order chi connectivity index (χ0) is 18.5. The summed E-state index contributed by atoms with van der Waals surface area (Å²) < 4.78 is 16.1. The summed E-state index contributed by atoms with van der Waals surface area (Å²) in [7, 11) is 0. The average molecular weight is 372 g/mol. The highest BCUT2D eigenvalue weighted by Crippen LogP contribution is 2.41. The molecule has 1 fully saturated rings. The largest absolute Gasteiger partial charge is 0.335 e. The van der Waals surface area contributed by atoms with Crippen molar-refractivity contribution in [1.82, 2.24) is 19.7 Å². The van der Waals surface area contributed by atoms with E-state index in [-0.39, 0.29) is 23.5 Å². The second-order valence-corrected chi connectivity index (χ2v) is 6.99. The van der Waals surface area contributed by atoms with Crippen LogP contribution in [-0.2, 0) is 4.79 Å². The highest BCUT2D eigenvalue weighted by Gasteiger charge is 2.31. The number of benzene rings is 1. The van der Waals surface area contributed by atoms with Crippen LogP contribution in [0.25, 0.3) is 11.4 Å². The van der Waals surface area contributed by atoms with Crippen LogP contribution >= 0.6 is 11.8 Å². The Balaban J connectivity index is 1.79. The van der Waals surface area contributed by atoms with Gasteiger partial charge in [-0.05, 0) is 25.0 Å². The van der Waals surface area contributed by atoms with Gasteiger partial charge in [-0.2, -0.15) is 0 Å². The maximum Gasteiger partial charge on any atom is 0.233 e. The van der Waals surface area contributed by atoms with Crippen molar-refractivity contribution >= 4 is 17.7 Å². The number of carbonyl (C=O) groups excluding carboxylic acids is 1. The highest BCUT2D eigenvalue weighted by atomic mass is 32.2. The molecule has 0 radical (unpaired) electrons. The van der Waals surface area contributed by atoms with Gasteiger partial charge in [-0.15, -0.1) is 23.4 Å². The predicted molar refractivity (Wildman–Crippen MR) is 101 cm³/mol. The van der Waals surface area contributed by atoms with Crippen molar-refractivity contribution < 1.29 is 9.18 Å².